The van der Waals surface area contributed by atoms with Crippen LogP contribution in [0.3, 0.4) is 0 Å². The van der Waals surface area contributed by atoms with Crippen molar-refractivity contribution in [2.75, 3.05) is 0 Å². The molecule has 0 saturated heterocycles. The third kappa shape index (κ3) is 3.95. The van der Waals surface area contributed by atoms with Gasteiger partial charge in [0.15, 0.2) is 0 Å². The van der Waals surface area contributed by atoms with E-state index in [2.05, 4.69) is 25.3 Å². The van der Waals surface area contributed by atoms with E-state index in [1.165, 1.54) is 12.1 Å². The number of non-ortho nitro benzene ring substituents is 1. The summed E-state index contributed by atoms with van der Waals surface area (Å²) in [5, 5.41) is 22.3. The van der Waals surface area contributed by atoms with Crippen molar-refractivity contribution in [3.05, 3.63) is 80.6 Å². The number of hydrogen-bond donors (Lipinski definition) is 0. The van der Waals surface area contributed by atoms with Gasteiger partial charge in [0.25, 0.3) is 5.69 Å². The summed E-state index contributed by atoms with van der Waals surface area (Å²) in [7, 11) is 0. The van der Waals surface area contributed by atoms with Gasteiger partial charge in [-0.15, -0.1) is 5.10 Å². The van der Waals surface area contributed by atoms with E-state index in [1.54, 1.807) is 29.2 Å². The number of nitro benzene ring substituents is 1. The first-order chi connectivity index (χ1) is 12.2. The zero-order valence-electron chi connectivity index (χ0n) is 12.9. The maximum Gasteiger partial charge on any atom is 0.269 e. The van der Waals surface area contributed by atoms with Crippen molar-refractivity contribution in [2.45, 2.75) is 13.1 Å². The quantitative estimate of drug-likeness (QED) is 0.224. The zero-order valence-corrected chi connectivity index (χ0v) is 12.9. The fraction of sp³-hybridized carbons (Fsp3) is 0.133. The Hall–Kier alpha value is -3.78. The standard InChI is InChI=1S/C15H12N8O2/c16-20-18-8-11-1-4-13(17-7-11)9-22-10-15(19-21-22)12-2-5-14(6-3-12)23(24)25/h1-7,10H,8-9H2. The molecule has 1 aromatic carbocycles. The highest BCUT2D eigenvalue weighted by molar-refractivity contribution is 5.59. The molecule has 124 valence electrons. The van der Waals surface area contributed by atoms with Crippen LogP contribution in [-0.4, -0.2) is 24.9 Å². The number of benzene rings is 1. The van der Waals surface area contributed by atoms with Crippen LogP contribution in [0.1, 0.15) is 11.3 Å². The van der Waals surface area contributed by atoms with Crippen LogP contribution in [0.5, 0.6) is 0 Å². The first-order valence-electron chi connectivity index (χ1n) is 7.25. The summed E-state index contributed by atoms with van der Waals surface area (Å²) in [4.78, 5) is 17.2. The molecule has 0 amide bonds. The molecule has 0 bridgehead atoms. The van der Waals surface area contributed by atoms with Crippen LogP contribution in [0.2, 0.25) is 0 Å². The van der Waals surface area contributed by atoms with Gasteiger partial charge in [-0.25, -0.2) is 4.68 Å². The van der Waals surface area contributed by atoms with Crippen LogP contribution in [0.15, 0.2) is 53.9 Å². The molecule has 3 aromatic rings. The van der Waals surface area contributed by atoms with Crippen LogP contribution < -0.4 is 0 Å². The van der Waals surface area contributed by atoms with Crippen LogP contribution in [-0.2, 0) is 13.1 Å². The maximum atomic E-state index is 10.7. The number of nitro groups is 1. The summed E-state index contributed by atoms with van der Waals surface area (Å²) >= 11 is 0. The molecule has 2 heterocycles. The van der Waals surface area contributed by atoms with Gasteiger partial charge >= 0.3 is 0 Å². The molecule has 0 spiro atoms. The van der Waals surface area contributed by atoms with E-state index >= 15 is 0 Å². The average Bonchev–Trinajstić information content (AvgIpc) is 3.10. The topological polar surface area (TPSA) is 136 Å². The van der Waals surface area contributed by atoms with Crippen molar-refractivity contribution in [3.63, 3.8) is 0 Å². The first kappa shape index (κ1) is 16.1. The molecule has 25 heavy (non-hydrogen) atoms. The molecule has 0 fully saturated rings. The highest BCUT2D eigenvalue weighted by atomic mass is 16.6. The Morgan fingerprint density at radius 1 is 1.24 bits per heavy atom. The number of nitrogens with zero attached hydrogens (tertiary/aromatic N) is 8. The van der Waals surface area contributed by atoms with Gasteiger partial charge in [-0.2, -0.15) is 0 Å². The van der Waals surface area contributed by atoms with Crippen molar-refractivity contribution < 1.29 is 4.92 Å². The van der Waals surface area contributed by atoms with Gasteiger partial charge in [-0.05, 0) is 29.3 Å². The SMILES string of the molecule is [N-]=[N+]=NCc1ccc(Cn2cc(-c3ccc([N+](=O)[O-])cc3)nn2)nc1. The van der Waals surface area contributed by atoms with E-state index in [1.807, 2.05) is 12.1 Å². The predicted octanol–water partition coefficient (Wildman–Crippen LogP) is 3.11. The van der Waals surface area contributed by atoms with Crippen molar-refractivity contribution in [1.29, 1.82) is 0 Å². The van der Waals surface area contributed by atoms with Crippen LogP contribution in [0.25, 0.3) is 21.7 Å². The summed E-state index contributed by atoms with van der Waals surface area (Å²) in [5.74, 6) is 0. The second-order valence-electron chi connectivity index (χ2n) is 5.15. The van der Waals surface area contributed by atoms with Gasteiger partial charge in [-0.1, -0.05) is 16.4 Å². The van der Waals surface area contributed by atoms with E-state index in [0.29, 0.717) is 12.2 Å². The molecular weight excluding hydrogens is 324 g/mol. The molecule has 0 saturated carbocycles. The maximum absolute atomic E-state index is 10.7. The van der Waals surface area contributed by atoms with Gasteiger partial charge in [0.2, 0.25) is 0 Å². The number of hydrogen-bond acceptors (Lipinski definition) is 6. The molecule has 0 atom stereocenters. The summed E-state index contributed by atoms with van der Waals surface area (Å²) in [6, 6.07) is 9.79. The predicted molar refractivity (Wildman–Crippen MR) is 88.3 cm³/mol. The Kier molecular flexibility index (Phi) is 4.63. The largest absolute Gasteiger partial charge is 0.269 e. The summed E-state index contributed by atoms with van der Waals surface area (Å²) in [6.45, 7) is 0.694. The summed E-state index contributed by atoms with van der Waals surface area (Å²) in [5.41, 5.74) is 11.3. The first-order valence-corrected chi connectivity index (χ1v) is 7.25. The lowest BCUT2D eigenvalue weighted by molar-refractivity contribution is -0.384. The molecule has 0 aliphatic carbocycles. The molecular formula is C15H12N8O2. The molecule has 0 aliphatic rings. The molecule has 3 rings (SSSR count). The summed E-state index contributed by atoms with van der Waals surface area (Å²) < 4.78 is 1.63. The average molecular weight is 336 g/mol. The molecule has 0 unspecified atom stereocenters. The van der Waals surface area contributed by atoms with Crippen molar-refractivity contribution in [2.24, 2.45) is 5.11 Å². The van der Waals surface area contributed by atoms with Gasteiger partial charge < -0.3 is 0 Å². The second-order valence-corrected chi connectivity index (χ2v) is 5.15. The van der Waals surface area contributed by atoms with Crippen molar-refractivity contribution in [3.8, 4) is 11.3 Å². The van der Waals surface area contributed by atoms with E-state index in [4.69, 9.17) is 5.53 Å². The Morgan fingerprint density at radius 2 is 2.04 bits per heavy atom. The Bertz CT molecular complexity index is 927. The van der Waals surface area contributed by atoms with Gasteiger partial charge in [0.1, 0.15) is 5.69 Å². The Balaban J connectivity index is 1.70. The Labute approximate surface area is 141 Å². The zero-order chi connectivity index (χ0) is 17.6. The smallest absolute Gasteiger partial charge is 0.259 e. The van der Waals surface area contributed by atoms with E-state index < -0.39 is 4.92 Å². The fourth-order valence-electron chi connectivity index (χ4n) is 2.18. The molecule has 0 N–H and O–H groups in total. The highest BCUT2D eigenvalue weighted by Crippen LogP contribution is 2.20. The van der Waals surface area contributed by atoms with E-state index in [9.17, 15) is 10.1 Å². The number of rotatable bonds is 6. The molecule has 0 radical (unpaired) electrons. The third-order valence-corrected chi connectivity index (χ3v) is 3.44. The molecule has 2 aromatic heterocycles. The van der Waals surface area contributed by atoms with Gasteiger partial charge in [0.05, 0.1) is 29.9 Å². The minimum atomic E-state index is -0.447. The molecule has 0 aliphatic heterocycles. The Morgan fingerprint density at radius 3 is 2.68 bits per heavy atom. The van der Waals surface area contributed by atoms with Gasteiger partial charge in [0, 0.05) is 28.8 Å². The van der Waals surface area contributed by atoms with Crippen LogP contribution in [0, 0.1) is 10.1 Å². The lowest BCUT2D eigenvalue weighted by Gasteiger charge is -2.01. The minimum absolute atomic E-state index is 0.0289. The van der Waals surface area contributed by atoms with Crippen molar-refractivity contribution >= 4 is 5.69 Å². The monoisotopic (exact) mass is 336 g/mol. The van der Waals surface area contributed by atoms with Crippen LogP contribution in [0.4, 0.5) is 5.69 Å². The second kappa shape index (κ2) is 7.20. The van der Waals surface area contributed by atoms with Crippen molar-refractivity contribution in [1.82, 2.24) is 20.0 Å². The minimum Gasteiger partial charge on any atom is -0.259 e. The lowest BCUT2D eigenvalue weighted by Crippen LogP contribution is -2.02. The number of aromatic nitrogens is 4. The summed E-state index contributed by atoms with van der Waals surface area (Å²) in [6.07, 6.45) is 3.40. The van der Waals surface area contributed by atoms with Gasteiger partial charge in [-0.3, -0.25) is 15.1 Å². The normalized spacial score (nSPS) is 10.2. The number of pyridine rings is 1. The number of azide groups is 1. The van der Waals surface area contributed by atoms with Crippen LogP contribution >= 0.6 is 0 Å². The van der Waals surface area contributed by atoms with E-state index in [-0.39, 0.29) is 12.2 Å². The lowest BCUT2D eigenvalue weighted by atomic mass is 10.1. The highest BCUT2D eigenvalue weighted by Gasteiger charge is 2.08. The molecule has 10 nitrogen and oxygen atoms in total. The third-order valence-electron chi connectivity index (χ3n) is 3.44. The fourth-order valence-corrected chi connectivity index (χ4v) is 2.18. The van der Waals surface area contributed by atoms with E-state index in [0.717, 1.165) is 16.8 Å². The molecule has 10 heteroatoms.